The van der Waals surface area contributed by atoms with Crippen LogP contribution >= 0.6 is 11.8 Å². The zero-order valence-electron chi connectivity index (χ0n) is 14.4. The largest absolute Gasteiger partial charge is 0.0895 e. The van der Waals surface area contributed by atoms with Crippen LogP contribution in [0.2, 0.25) is 0 Å². The predicted octanol–water partition coefficient (Wildman–Crippen LogP) is 6.90. The average Bonchev–Trinajstić information content (AvgIpc) is 2.59. The molecule has 0 aliphatic rings. The minimum absolute atomic E-state index is 1.23. The Hall–Kier alpha value is -2.25. The minimum Gasteiger partial charge on any atom is -0.0895 e. The second kappa shape index (κ2) is 7.55. The molecule has 0 bridgehead atoms. The van der Waals surface area contributed by atoms with Gasteiger partial charge in [0.2, 0.25) is 0 Å². The van der Waals surface area contributed by atoms with Crippen LogP contribution in [0.5, 0.6) is 0 Å². The van der Waals surface area contributed by atoms with Gasteiger partial charge in [-0.05, 0) is 50.1 Å². The van der Waals surface area contributed by atoms with Crippen molar-refractivity contribution >= 4 is 22.7 Å². The molecule has 0 fully saturated rings. The van der Waals surface area contributed by atoms with E-state index in [1.54, 1.807) is 0 Å². The summed E-state index contributed by atoms with van der Waals surface area (Å²) in [4.78, 5) is 2.53. The van der Waals surface area contributed by atoms with Gasteiger partial charge < -0.3 is 0 Å². The van der Waals surface area contributed by atoms with Gasteiger partial charge >= 0.3 is 0 Å². The lowest BCUT2D eigenvalue weighted by Gasteiger charge is -2.09. The number of thioether (sulfide) groups is 1. The molecule has 0 aliphatic carbocycles. The van der Waals surface area contributed by atoms with Crippen molar-refractivity contribution in [1.82, 2.24) is 0 Å². The van der Waals surface area contributed by atoms with Crippen LogP contribution in [0.15, 0.2) is 77.7 Å². The Morgan fingerprint density at radius 3 is 1.62 bits per heavy atom. The van der Waals surface area contributed by atoms with Gasteiger partial charge in [-0.3, -0.25) is 0 Å². The molecule has 0 radical (unpaired) electrons. The Kier molecular flexibility index (Phi) is 5.22. The van der Waals surface area contributed by atoms with E-state index in [2.05, 4.69) is 99.6 Å². The van der Waals surface area contributed by atoms with E-state index < -0.39 is 0 Å². The molecular weight excluding hydrogens is 308 g/mol. The first-order chi connectivity index (χ1) is 11.6. The molecule has 0 N–H and O–H groups in total. The molecule has 0 amide bonds. The highest BCUT2D eigenvalue weighted by Crippen LogP contribution is 2.36. The van der Waals surface area contributed by atoms with Gasteiger partial charge in [0.15, 0.2) is 0 Å². The summed E-state index contributed by atoms with van der Waals surface area (Å²) in [5, 5.41) is 0. The van der Waals surface area contributed by atoms with E-state index in [0.29, 0.717) is 0 Å². The van der Waals surface area contributed by atoms with E-state index in [-0.39, 0.29) is 0 Å². The van der Waals surface area contributed by atoms with Crippen molar-refractivity contribution < 1.29 is 0 Å². The van der Waals surface area contributed by atoms with Crippen molar-refractivity contribution in [3.63, 3.8) is 0 Å². The Morgan fingerprint density at radius 2 is 1.08 bits per heavy atom. The molecule has 120 valence electrons. The smallest absolute Gasteiger partial charge is 0.0200 e. The van der Waals surface area contributed by atoms with Crippen LogP contribution in [0, 0.1) is 20.8 Å². The number of benzene rings is 3. The quantitative estimate of drug-likeness (QED) is 0.370. The number of hydrogen-bond acceptors (Lipinski definition) is 1. The molecule has 24 heavy (non-hydrogen) atoms. The molecule has 3 aromatic rings. The molecule has 0 unspecified atom stereocenters. The molecule has 0 aliphatic heterocycles. The molecule has 0 nitrogen and oxygen atoms in total. The monoisotopic (exact) mass is 330 g/mol. The van der Waals surface area contributed by atoms with Gasteiger partial charge in [0.25, 0.3) is 0 Å². The Balaban J connectivity index is 1.97. The number of hydrogen-bond donors (Lipinski definition) is 0. The van der Waals surface area contributed by atoms with E-state index in [0.717, 1.165) is 0 Å². The molecule has 0 heterocycles. The predicted molar refractivity (Wildman–Crippen MR) is 107 cm³/mol. The molecule has 3 rings (SSSR count). The molecule has 0 atom stereocenters. The first-order valence-electron chi connectivity index (χ1n) is 8.20. The van der Waals surface area contributed by atoms with Crippen molar-refractivity contribution in [3.8, 4) is 0 Å². The fraction of sp³-hybridized carbons (Fsp3) is 0.130. The minimum atomic E-state index is 1.23. The normalized spacial score (nSPS) is 11.5. The lowest BCUT2D eigenvalue weighted by molar-refractivity contribution is 1.38. The highest BCUT2D eigenvalue weighted by Gasteiger charge is 2.05. The zero-order valence-corrected chi connectivity index (χ0v) is 15.2. The van der Waals surface area contributed by atoms with Gasteiger partial charge in [0.1, 0.15) is 0 Å². The maximum atomic E-state index is 2.27. The summed E-state index contributed by atoms with van der Waals surface area (Å²) in [5.41, 5.74) is 6.35. The van der Waals surface area contributed by atoms with Gasteiger partial charge in [0, 0.05) is 9.80 Å². The Labute approximate surface area is 149 Å². The summed E-state index contributed by atoms with van der Waals surface area (Å²) in [6, 6.07) is 26.2. The summed E-state index contributed by atoms with van der Waals surface area (Å²) in [6.07, 6.45) is 2.27. The number of aryl methyl sites for hydroxylation is 3. The van der Waals surface area contributed by atoms with Crippen molar-refractivity contribution in [3.05, 3.63) is 101 Å². The third kappa shape index (κ3) is 4.39. The Morgan fingerprint density at radius 1 is 0.625 bits per heavy atom. The maximum absolute atomic E-state index is 2.27. The van der Waals surface area contributed by atoms with Gasteiger partial charge in [0.05, 0.1) is 0 Å². The topological polar surface area (TPSA) is 0 Å². The van der Waals surface area contributed by atoms with Crippen molar-refractivity contribution in [2.75, 3.05) is 0 Å². The summed E-state index contributed by atoms with van der Waals surface area (Å²) in [5.74, 6) is 0. The van der Waals surface area contributed by atoms with Crippen LogP contribution in [0.25, 0.3) is 11.0 Å². The first kappa shape index (κ1) is 16.6. The summed E-state index contributed by atoms with van der Waals surface area (Å²) < 4.78 is 0. The van der Waals surface area contributed by atoms with Crippen LogP contribution in [0.3, 0.4) is 0 Å². The molecule has 0 spiro atoms. The standard InChI is InChI=1S/C23H22S/c1-17-4-10-20(11-5-17)16-23(21-12-6-18(2)7-13-21)24-22-14-8-19(3)9-15-22/h4-16H,1-3H3/b23-16+. The summed E-state index contributed by atoms with van der Waals surface area (Å²) >= 11 is 1.82. The van der Waals surface area contributed by atoms with Crippen LogP contribution in [-0.4, -0.2) is 0 Å². The van der Waals surface area contributed by atoms with E-state index in [9.17, 15) is 0 Å². The van der Waals surface area contributed by atoms with Crippen LogP contribution < -0.4 is 0 Å². The second-order valence-electron chi connectivity index (χ2n) is 6.20. The van der Waals surface area contributed by atoms with Crippen molar-refractivity contribution in [2.24, 2.45) is 0 Å². The lowest BCUT2D eigenvalue weighted by atomic mass is 10.1. The zero-order chi connectivity index (χ0) is 16.9. The molecule has 0 saturated carbocycles. The van der Waals surface area contributed by atoms with Crippen LogP contribution in [0.4, 0.5) is 0 Å². The molecular formula is C23H22S. The first-order valence-corrected chi connectivity index (χ1v) is 9.02. The molecule has 1 heteroatoms. The molecule has 0 aromatic heterocycles. The van der Waals surface area contributed by atoms with E-state index in [1.165, 1.54) is 37.6 Å². The molecule has 0 saturated heterocycles. The van der Waals surface area contributed by atoms with Crippen molar-refractivity contribution in [1.29, 1.82) is 0 Å². The van der Waals surface area contributed by atoms with Gasteiger partial charge in [-0.15, -0.1) is 0 Å². The number of rotatable bonds is 4. The maximum Gasteiger partial charge on any atom is 0.0200 e. The van der Waals surface area contributed by atoms with E-state index in [1.807, 2.05) is 11.8 Å². The van der Waals surface area contributed by atoms with Crippen LogP contribution in [-0.2, 0) is 0 Å². The van der Waals surface area contributed by atoms with E-state index >= 15 is 0 Å². The van der Waals surface area contributed by atoms with Gasteiger partial charge in [-0.1, -0.05) is 89.1 Å². The van der Waals surface area contributed by atoms with Gasteiger partial charge in [-0.25, -0.2) is 0 Å². The second-order valence-corrected chi connectivity index (χ2v) is 7.32. The fourth-order valence-electron chi connectivity index (χ4n) is 2.44. The SMILES string of the molecule is Cc1ccc(/C=C(/Sc2ccc(C)cc2)c2ccc(C)cc2)cc1. The fourth-order valence-corrected chi connectivity index (χ4v) is 3.41. The average molecular weight is 330 g/mol. The highest BCUT2D eigenvalue weighted by atomic mass is 32.2. The van der Waals surface area contributed by atoms with E-state index in [4.69, 9.17) is 0 Å². The summed E-state index contributed by atoms with van der Waals surface area (Å²) in [7, 11) is 0. The van der Waals surface area contributed by atoms with Gasteiger partial charge in [-0.2, -0.15) is 0 Å². The van der Waals surface area contributed by atoms with Crippen LogP contribution in [0.1, 0.15) is 27.8 Å². The highest BCUT2D eigenvalue weighted by molar-refractivity contribution is 8.08. The van der Waals surface area contributed by atoms with Crippen molar-refractivity contribution in [2.45, 2.75) is 25.7 Å². The lowest BCUT2D eigenvalue weighted by Crippen LogP contribution is -1.84. The molecule has 3 aromatic carbocycles. The third-order valence-electron chi connectivity index (χ3n) is 3.96. The summed E-state index contributed by atoms with van der Waals surface area (Å²) in [6.45, 7) is 6.37. The third-order valence-corrected chi connectivity index (χ3v) is 5.04. The Bertz CT molecular complexity index is 823.